The number of aromatic nitrogens is 1. The average molecular weight is 385 g/mol. The van der Waals surface area contributed by atoms with Crippen LogP contribution in [0.1, 0.15) is 32.4 Å². The number of piperidine rings is 1. The van der Waals surface area contributed by atoms with E-state index in [9.17, 15) is 4.79 Å². The number of nitrogens with one attached hydrogen (secondary N) is 1. The number of nitrogens with zero attached hydrogens (tertiary/aromatic N) is 4. The molecule has 1 aromatic heterocycles. The normalized spacial score (nSPS) is 23.6. The molecule has 1 saturated heterocycles. The lowest BCUT2D eigenvalue weighted by Gasteiger charge is -2.41. The average Bonchev–Trinajstić information content (AvgIpc) is 3.16. The van der Waals surface area contributed by atoms with Crippen molar-refractivity contribution in [2.75, 3.05) is 38.5 Å². The first-order valence-electron chi connectivity index (χ1n) is 9.88. The van der Waals surface area contributed by atoms with Gasteiger partial charge < -0.3 is 15.1 Å². The zero-order valence-corrected chi connectivity index (χ0v) is 17.0. The molecule has 0 saturated carbocycles. The molecule has 1 N–H and O–H groups in total. The summed E-state index contributed by atoms with van der Waals surface area (Å²) in [6.07, 6.45) is 0.512. The minimum atomic E-state index is -1.77. The van der Waals surface area contributed by atoms with Crippen LogP contribution in [-0.2, 0) is 4.79 Å². The van der Waals surface area contributed by atoms with Crippen molar-refractivity contribution >= 4 is 17.6 Å². The molecule has 150 valence electrons. The van der Waals surface area contributed by atoms with Crippen molar-refractivity contribution in [3.63, 3.8) is 0 Å². The van der Waals surface area contributed by atoms with Crippen molar-refractivity contribution in [3.8, 4) is 0 Å². The number of amidine groups is 1. The lowest BCUT2D eigenvalue weighted by molar-refractivity contribution is -0.150. The van der Waals surface area contributed by atoms with Gasteiger partial charge in [0.25, 0.3) is 5.91 Å². The number of hydrogen-bond donors (Lipinski definition) is 1. The first-order chi connectivity index (χ1) is 13.2. The molecule has 1 aromatic rings. The molecule has 28 heavy (non-hydrogen) atoms. The summed E-state index contributed by atoms with van der Waals surface area (Å²) in [6.45, 7) is 8.06. The van der Waals surface area contributed by atoms with E-state index in [2.05, 4.69) is 20.2 Å². The number of anilines is 1. The first kappa shape index (κ1) is 19.1. The summed E-state index contributed by atoms with van der Waals surface area (Å²) in [5, 5.41) is 3.29. The molecule has 1 amide bonds. The summed E-state index contributed by atoms with van der Waals surface area (Å²) in [4.78, 5) is 26.1. The molecule has 4 heterocycles. The number of aliphatic imine (C=N–C) groups is 1. The van der Waals surface area contributed by atoms with E-state index < -0.39 is 11.2 Å². The molecule has 3 aliphatic rings. The van der Waals surface area contributed by atoms with E-state index in [1.807, 2.05) is 46.0 Å². The summed E-state index contributed by atoms with van der Waals surface area (Å²) >= 11 is 0. The van der Waals surface area contributed by atoms with Crippen LogP contribution in [0.2, 0.25) is 0 Å². The summed E-state index contributed by atoms with van der Waals surface area (Å²) in [7, 11) is 1.97. The molecule has 0 bridgehead atoms. The van der Waals surface area contributed by atoms with E-state index in [1.54, 1.807) is 4.90 Å². The summed E-state index contributed by atoms with van der Waals surface area (Å²) in [6, 6.07) is 5.77. The molecule has 0 spiro atoms. The highest BCUT2D eigenvalue weighted by Crippen LogP contribution is 2.41. The molecular weight excluding hydrogens is 357 g/mol. The fourth-order valence-corrected chi connectivity index (χ4v) is 4.35. The van der Waals surface area contributed by atoms with Crippen LogP contribution in [0, 0.1) is 6.92 Å². The Balaban J connectivity index is 1.54. The molecule has 3 aliphatic heterocycles. The number of pyridine rings is 1. The molecule has 0 aromatic carbocycles. The first-order valence-corrected chi connectivity index (χ1v) is 9.88. The molecule has 1 fully saturated rings. The number of alkyl halides is 1. The highest BCUT2D eigenvalue weighted by Gasteiger charge is 2.52. The maximum Gasteiger partial charge on any atom is 0.261 e. The number of likely N-dealkylation sites (tertiary alicyclic amines) is 1. The Morgan fingerprint density at radius 2 is 1.96 bits per heavy atom. The topological polar surface area (TPSA) is 60.8 Å². The van der Waals surface area contributed by atoms with Gasteiger partial charge in [0, 0.05) is 37.2 Å². The van der Waals surface area contributed by atoms with E-state index in [0.29, 0.717) is 26.2 Å². The third kappa shape index (κ3) is 3.11. The van der Waals surface area contributed by atoms with E-state index in [-0.39, 0.29) is 18.7 Å². The van der Waals surface area contributed by atoms with Gasteiger partial charge in [0.1, 0.15) is 11.7 Å². The van der Waals surface area contributed by atoms with Gasteiger partial charge >= 0.3 is 0 Å². The fourth-order valence-electron chi connectivity index (χ4n) is 4.35. The Kier molecular flexibility index (Phi) is 4.53. The van der Waals surface area contributed by atoms with Crippen molar-refractivity contribution in [2.45, 2.75) is 44.8 Å². The van der Waals surface area contributed by atoms with Crippen LogP contribution in [-0.4, -0.2) is 71.0 Å². The van der Waals surface area contributed by atoms with Gasteiger partial charge in [-0.2, -0.15) is 0 Å². The van der Waals surface area contributed by atoms with Crippen molar-refractivity contribution in [1.82, 2.24) is 14.8 Å². The van der Waals surface area contributed by atoms with Crippen LogP contribution >= 0.6 is 0 Å². The van der Waals surface area contributed by atoms with Gasteiger partial charge in [-0.15, -0.1) is 0 Å². The highest BCUT2D eigenvalue weighted by atomic mass is 19.1. The van der Waals surface area contributed by atoms with Gasteiger partial charge in [0.2, 0.25) is 0 Å². The molecule has 0 unspecified atom stereocenters. The second-order valence-corrected chi connectivity index (χ2v) is 8.63. The van der Waals surface area contributed by atoms with E-state index in [0.717, 1.165) is 28.5 Å². The maximum absolute atomic E-state index is 15.5. The number of rotatable bonds is 2. The number of aryl methyl sites for hydroxylation is 1. The number of amides is 1. The van der Waals surface area contributed by atoms with E-state index >= 15 is 4.39 Å². The zero-order chi connectivity index (χ0) is 20.1. The van der Waals surface area contributed by atoms with Crippen molar-refractivity contribution < 1.29 is 9.18 Å². The minimum absolute atomic E-state index is 0.256. The second-order valence-electron chi connectivity index (χ2n) is 8.63. The Bertz CT molecular complexity index is 867. The van der Waals surface area contributed by atoms with Crippen LogP contribution in [0.15, 0.2) is 34.3 Å². The number of carbonyl (C=O) groups is 1. The molecule has 0 aliphatic carbocycles. The van der Waals surface area contributed by atoms with Crippen LogP contribution in [0.4, 0.5) is 10.2 Å². The Hall–Kier alpha value is -2.28. The van der Waals surface area contributed by atoms with Gasteiger partial charge in [0.15, 0.2) is 5.67 Å². The third-order valence-electron chi connectivity index (χ3n) is 6.32. The number of halogens is 1. The third-order valence-corrected chi connectivity index (χ3v) is 6.32. The largest absolute Gasteiger partial charge is 0.327 e. The summed E-state index contributed by atoms with van der Waals surface area (Å²) < 4.78 is 15.5. The lowest BCUT2D eigenvalue weighted by Crippen LogP contribution is -2.56. The predicted octanol–water partition coefficient (Wildman–Crippen LogP) is 2.57. The van der Waals surface area contributed by atoms with E-state index in [1.165, 1.54) is 0 Å². The van der Waals surface area contributed by atoms with Gasteiger partial charge in [-0.1, -0.05) is 6.07 Å². The van der Waals surface area contributed by atoms with Gasteiger partial charge in [-0.25, -0.2) is 9.37 Å². The van der Waals surface area contributed by atoms with Crippen molar-refractivity contribution in [3.05, 3.63) is 35.0 Å². The molecule has 7 heteroatoms. The predicted molar refractivity (Wildman–Crippen MR) is 108 cm³/mol. The minimum Gasteiger partial charge on any atom is -0.327 e. The van der Waals surface area contributed by atoms with Crippen molar-refractivity contribution in [2.24, 2.45) is 4.99 Å². The lowest BCUT2D eigenvalue weighted by atomic mass is 9.88. The smallest absolute Gasteiger partial charge is 0.261 e. The van der Waals surface area contributed by atoms with Gasteiger partial charge in [-0.3, -0.25) is 9.79 Å². The quantitative estimate of drug-likeness (QED) is 0.850. The molecule has 6 nitrogen and oxygen atoms in total. The van der Waals surface area contributed by atoms with Crippen molar-refractivity contribution in [1.29, 1.82) is 0 Å². The van der Waals surface area contributed by atoms with Gasteiger partial charge in [-0.05, 0) is 45.5 Å². The standard InChI is InChI=1S/C21H28FN5O/c1-14-6-5-7-17(24-14)25-18-15-13-27(20(2,3)16(15)12-23-18)19(28)21(22)8-10-26(4)11-9-21/h5-7H,8-13H2,1-4H3,(H,23,24,25). The SMILES string of the molecule is Cc1cccc(NC2=NCC3=C2CN(C(=O)C2(F)CCN(C)CC2)C3(C)C)n1. The van der Waals surface area contributed by atoms with Gasteiger partial charge in [0.05, 0.1) is 18.6 Å². The monoisotopic (exact) mass is 385 g/mol. The summed E-state index contributed by atoms with van der Waals surface area (Å²) in [5.74, 6) is 1.09. The van der Waals surface area contributed by atoms with E-state index in [4.69, 9.17) is 0 Å². The number of carbonyl (C=O) groups excluding carboxylic acids is 1. The van der Waals surface area contributed by atoms with Crippen LogP contribution in [0.5, 0.6) is 0 Å². The highest BCUT2D eigenvalue weighted by molar-refractivity contribution is 6.11. The second kappa shape index (κ2) is 6.65. The van der Waals surface area contributed by atoms with Crippen LogP contribution in [0.25, 0.3) is 0 Å². The number of hydrogen-bond acceptors (Lipinski definition) is 5. The molecule has 4 rings (SSSR count). The molecule has 0 radical (unpaired) electrons. The maximum atomic E-state index is 15.5. The Morgan fingerprint density at radius 1 is 1.25 bits per heavy atom. The van der Waals surface area contributed by atoms with Crippen LogP contribution < -0.4 is 5.32 Å². The fraction of sp³-hybridized carbons (Fsp3) is 0.571. The molecule has 0 atom stereocenters. The van der Waals surface area contributed by atoms with Crippen LogP contribution in [0.3, 0.4) is 0 Å². The Morgan fingerprint density at radius 3 is 2.64 bits per heavy atom. The molecular formula is C21H28FN5O. The zero-order valence-electron chi connectivity index (χ0n) is 17.0. The summed E-state index contributed by atoms with van der Waals surface area (Å²) in [5.41, 5.74) is 0.697. The Labute approximate surface area is 165 Å².